The van der Waals surface area contributed by atoms with Gasteiger partial charge in [-0.2, -0.15) is 13.2 Å². The van der Waals surface area contributed by atoms with Crippen molar-refractivity contribution in [1.82, 2.24) is 25.5 Å². The summed E-state index contributed by atoms with van der Waals surface area (Å²) in [4.78, 5) is 33.1. The highest BCUT2D eigenvalue weighted by Gasteiger charge is 2.33. The Labute approximate surface area is 271 Å². The van der Waals surface area contributed by atoms with Crippen LogP contribution in [-0.2, 0) is 11.0 Å². The van der Waals surface area contributed by atoms with Gasteiger partial charge in [0.1, 0.15) is 5.75 Å². The van der Waals surface area contributed by atoms with E-state index >= 15 is 0 Å². The van der Waals surface area contributed by atoms with Crippen molar-refractivity contribution in [2.45, 2.75) is 96.7 Å². The van der Waals surface area contributed by atoms with Crippen molar-refractivity contribution in [2.24, 2.45) is 11.8 Å². The number of aryl methyl sites for hydroxylation is 1. The highest BCUT2D eigenvalue weighted by atomic mass is 19.4. The number of carbonyl (C=O) groups excluding carboxylic acids is 2. The van der Waals surface area contributed by atoms with Crippen molar-refractivity contribution in [3.63, 3.8) is 0 Å². The number of halogens is 3. The molecule has 1 saturated heterocycles. The average Bonchev–Trinajstić information content (AvgIpc) is 3.02. The topological polar surface area (TPSA) is 108 Å². The van der Waals surface area contributed by atoms with Crippen LogP contribution in [0.2, 0.25) is 0 Å². The van der Waals surface area contributed by atoms with E-state index < -0.39 is 11.7 Å². The number of carbonyl (C=O) groups is 2. The summed E-state index contributed by atoms with van der Waals surface area (Å²) in [6.07, 6.45) is 10.4. The first-order valence-electron chi connectivity index (χ1n) is 16.5. The van der Waals surface area contributed by atoms with Crippen molar-refractivity contribution in [1.29, 1.82) is 0 Å². The molecule has 0 bridgehead atoms. The quantitative estimate of drug-likeness (QED) is 0.300. The first kappa shape index (κ1) is 37.1. The van der Waals surface area contributed by atoms with Gasteiger partial charge in [-0.15, -0.1) is 0 Å². The second kappa shape index (κ2) is 18.1. The van der Waals surface area contributed by atoms with Gasteiger partial charge in [0.05, 0.1) is 24.1 Å². The fraction of sp³-hybridized carbons (Fsp3) is 0.647. The van der Waals surface area contributed by atoms with Crippen LogP contribution in [0, 0.1) is 18.8 Å². The summed E-state index contributed by atoms with van der Waals surface area (Å²) in [5, 5.41) is 8.50. The normalized spacial score (nSPS) is 17.7. The molecule has 1 aromatic heterocycles. The summed E-state index contributed by atoms with van der Waals surface area (Å²) in [6, 6.07) is 4.93. The minimum atomic E-state index is -4.51. The molecule has 1 aliphatic heterocycles. The van der Waals surface area contributed by atoms with Crippen molar-refractivity contribution in [3.8, 4) is 5.75 Å². The third kappa shape index (κ3) is 11.4. The van der Waals surface area contributed by atoms with Gasteiger partial charge in [0.2, 0.25) is 11.9 Å². The Hall–Kier alpha value is -3.41. The maximum atomic E-state index is 12.9. The van der Waals surface area contributed by atoms with E-state index in [4.69, 9.17) is 4.74 Å². The van der Waals surface area contributed by atoms with Crippen molar-refractivity contribution >= 4 is 23.5 Å². The molecule has 0 radical (unpaired) electrons. The third-order valence-electron chi connectivity index (χ3n) is 9.07. The van der Waals surface area contributed by atoms with E-state index in [2.05, 4.69) is 44.8 Å². The molecule has 0 atom stereocenters. The van der Waals surface area contributed by atoms with Gasteiger partial charge in [0.15, 0.2) is 0 Å². The highest BCUT2D eigenvalue weighted by Crippen LogP contribution is 2.32. The Morgan fingerprint density at radius 1 is 1.02 bits per heavy atom. The number of methoxy groups -OCH3 is 1. The number of rotatable bonds is 7. The molecule has 2 aromatic rings. The molecule has 12 heteroatoms. The van der Waals surface area contributed by atoms with Crippen LogP contribution in [0.3, 0.4) is 0 Å². The van der Waals surface area contributed by atoms with Gasteiger partial charge in [0.25, 0.3) is 5.91 Å². The number of anilines is 2. The Morgan fingerprint density at radius 2 is 1.70 bits per heavy atom. The summed E-state index contributed by atoms with van der Waals surface area (Å²) >= 11 is 0. The number of likely N-dealkylation sites (tertiary alicyclic amines) is 1. The summed E-state index contributed by atoms with van der Waals surface area (Å²) in [7, 11) is 5.19. The van der Waals surface area contributed by atoms with Crippen LogP contribution in [0.5, 0.6) is 5.75 Å². The van der Waals surface area contributed by atoms with Crippen LogP contribution in [0.15, 0.2) is 24.4 Å². The summed E-state index contributed by atoms with van der Waals surface area (Å²) in [5.41, 5.74) is -0.206. The molecule has 0 unspecified atom stereocenters. The average molecular weight is 649 g/mol. The zero-order valence-corrected chi connectivity index (χ0v) is 27.9. The Morgan fingerprint density at radius 3 is 2.17 bits per heavy atom. The number of hydrogen-bond donors (Lipinski definition) is 3. The fourth-order valence-electron chi connectivity index (χ4n) is 5.75. The number of piperidine rings is 1. The lowest BCUT2D eigenvalue weighted by Gasteiger charge is -2.29. The molecule has 46 heavy (non-hydrogen) atoms. The zero-order valence-electron chi connectivity index (χ0n) is 27.9. The monoisotopic (exact) mass is 648 g/mol. The first-order valence-corrected chi connectivity index (χ1v) is 16.5. The number of nitrogens with zero attached hydrogens (tertiary/aromatic N) is 3. The van der Waals surface area contributed by atoms with Crippen LogP contribution in [-0.4, -0.2) is 67.0 Å². The van der Waals surface area contributed by atoms with E-state index in [9.17, 15) is 22.8 Å². The third-order valence-corrected chi connectivity index (χ3v) is 9.07. The molecule has 5 rings (SSSR count). The zero-order chi connectivity index (χ0) is 33.7. The Bertz CT molecular complexity index is 1260. The van der Waals surface area contributed by atoms with Crippen molar-refractivity contribution < 1.29 is 27.5 Å². The van der Waals surface area contributed by atoms with Crippen LogP contribution >= 0.6 is 0 Å². The summed E-state index contributed by atoms with van der Waals surface area (Å²) < 4.78 is 44.0. The van der Waals surface area contributed by atoms with E-state index in [1.807, 2.05) is 0 Å². The number of nitrogens with one attached hydrogen (secondary N) is 3. The predicted octanol–water partition coefficient (Wildman–Crippen LogP) is 6.89. The van der Waals surface area contributed by atoms with Gasteiger partial charge >= 0.3 is 6.18 Å². The lowest BCUT2D eigenvalue weighted by atomic mass is 9.85. The summed E-state index contributed by atoms with van der Waals surface area (Å²) in [5.74, 6) is 1.81. The van der Waals surface area contributed by atoms with E-state index in [0.29, 0.717) is 22.9 Å². The number of amides is 2. The number of benzene rings is 1. The second-order valence-corrected chi connectivity index (χ2v) is 12.4. The van der Waals surface area contributed by atoms with Crippen LogP contribution < -0.4 is 20.7 Å². The maximum Gasteiger partial charge on any atom is 0.419 e. The van der Waals surface area contributed by atoms with Crippen LogP contribution in [0.4, 0.5) is 24.8 Å². The lowest BCUT2D eigenvalue weighted by molar-refractivity contribution is -0.138. The smallest absolute Gasteiger partial charge is 0.419 e. The number of aromatic nitrogens is 2. The summed E-state index contributed by atoms with van der Waals surface area (Å²) in [6.45, 7) is 5.45. The van der Waals surface area contributed by atoms with Gasteiger partial charge in [-0.3, -0.25) is 9.59 Å². The molecule has 2 aliphatic carbocycles. The molecular weight excluding hydrogens is 597 g/mol. The minimum absolute atomic E-state index is 0.00215. The predicted molar refractivity (Wildman–Crippen MR) is 174 cm³/mol. The molecule has 1 aromatic carbocycles. The van der Waals surface area contributed by atoms with E-state index in [1.165, 1.54) is 59.0 Å². The van der Waals surface area contributed by atoms with Gasteiger partial charge < -0.3 is 25.6 Å². The van der Waals surface area contributed by atoms with Gasteiger partial charge in [-0.25, -0.2) is 9.97 Å². The molecule has 3 fully saturated rings. The van der Waals surface area contributed by atoms with Crippen molar-refractivity contribution in [2.75, 3.05) is 39.6 Å². The molecule has 3 aliphatic rings. The fourth-order valence-corrected chi connectivity index (χ4v) is 5.75. The lowest BCUT2D eigenvalue weighted by Crippen LogP contribution is -2.43. The van der Waals surface area contributed by atoms with Crippen LogP contribution in [0.25, 0.3) is 0 Å². The van der Waals surface area contributed by atoms with Gasteiger partial charge in [-0.05, 0) is 76.9 Å². The standard InChI is InChI=1S/C20H24F3N5O2.C8H16.C6H11NO/c1-12-15(20(21,22)23)11-24-19(25-12)27-16-5-4-13(10-17(16)30-3)18(29)26-14-6-8-28(2)9-7-14;1-2-8-6-4-3-5-7-8;1-7-6(8)5-3-2-4-5/h4-5,10-11,14H,6-9H2,1-3H3,(H,26,29)(H,24,25,27);8H,2-7H2,1H3;5H,2-4H2,1H3,(H,7,8). The molecule has 3 N–H and O–H groups in total. The molecule has 2 saturated carbocycles. The molecule has 9 nitrogen and oxygen atoms in total. The van der Waals surface area contributed by atoms with E-state index in [0.717, 1.165) is 50.9 Å². The maximum absolute atomic E-state index is 12.9. The van der Waals surface area contributed by atoms with E-state index in [1.54, 1.807) is 25.2 Å². The highest BCUT2D eigenvalue weighted by molar-refractivity contribution is 5.95. The molecule has 0 spiro atoms. The van der Waals surface area contributed by atoms with Crippen molar-refractivity contribution in [3.05, 3.63) is 41.2 Å². The molecule has 256 valence electrons. The number of hydrogen-bond acceptors (Lipinski definition) is 7. The second-order valence-electron chi connectivity index (χ2n) is 12.4. The first-order chi connectivity index (χ1) is 21.9. The molecular formula is C34H51F3N6O3. The van der Waals surface area contributed by atoms with Crippen LogP contribution in [0.1, 0.15) is 99.2 Å². The number of alkyl halides is 3. The minimum Gasteiger partial charge on any atom is -0.495 e. The van der Waals surface area contributed by atoms with E-state index in [-0.39, 0.29) is 29.5 Å². The molecule has 2 amide bonds. The Balaban J connectivity index is 0.000000291. The SMILES string of the molecule is CCC1CCCCC1.CNC(=O)C1CCC1.COc1cc(C(=O)NC2CCN(C)CC2)ccc1Nc1ncc(C(F)(F)F)c(C)n1. The Kier molecular flexibility index (Phi) is 14.5. The largest absolute Gasteiger partial charge is 0.495 e. The number of ether oxygens (including phenoxy) is 1. The molecule has 2 heterocycles. The van der Waals surface area contributed by atoms with Gasteiger partial charge in [0, 0.05) is 30.8 Å². The van der Waals surface area contributed by atoms with Gasteiger partial charge in [-0.1, -0.05) is 51.9 Å².